The number of terminal acetylenes is 1. The van der Waals surface area contributed by atoms with Gasteiger partial charge in [0.1, 0.15) is 26.1 Å². The summed E-state index contributed by atoms with van der Waals surface area (Å²) in [6, 6.07) is 0. The summed E-state index contributed by atoms with van der Waals surface area (Å²) in [5.41, 5.74) is 0. The molecular weight excluding hydrogens is 997 g/mol. The van der Waals surface area contributed by atoms with Crippen molar-refractivity contribution >= 4 is 85.8 Å². The highest BCUT2D eigenvalue weighted by atomic mass is 32.2. The second-order valence-corrected chi connectivity index (χ2v) is 10.3. The van der Waals surface area contributed by atoms with Gasteiger partial charge in [-0.1, -0.05) is 68.0 Å². The number of hydrogen-bond acceptors (Lipinski definition) is 21. The van der Waals surface area contributed by atoms with Crippen molar-refractivity contribution in [2.24, 2.45) is 0 Å². The Bertz CT molecular complexity index is 353. The van der Waals surface area contributed by atoms with Crippen molar-refractivity contribution < 1.29 is 81.0 Å². The quantitative estimate of drug-likeness (QED) is 0.0376. The second kappa shape index (κ2) is 503. The van der Waals surface area contributed by atoms with Crippen LogP contribution in [0.5, 0.6) is 0 Å². The van der Waals surface area contributed by atoms with Crippen LogP contribution in [0.15, 0.2) is 50.3 Å². The highest BCUT2D eigenvalue weighted by molar-refractivity contribution is 8.01. The average Bonchev–Trinajstić information content (AvgIpc) is 3.34. The summed E-state index contributed by atoms with van der Waals surface area (Å²) in [6.45, 7) is 30.9. The topological polar surface area (TPSA) is 302 Å². The van der Waals surface area contributed by atoms with E-state index in [0.29, 0.717) is 19.1 Å². The molecule has 0 bridgehead atoms. The van der Waals surface area contributed by atoms with Gasteiger partial charge in [0, 0.05) is 55.4 Å². The molecule has 0 aromatic heterocycles. The van der Waals surface area contributed by atoms with Crippen molar-refractivity contribution in [2.45, 2.75) is 82.6 Å². The molecule has 16 nitrogen and oxygen atoms in total. The molecule has 0 atom stereocenters. The first-order valence-corrected chi connectivity index (χ1v) is 25.7. The van der Waals surface area contributed by atoms with Crippen molar-refractivity contribution in [3.63, 3.8) is 0 Å². The summed E-state index contributed by atoms with van der Waals surface area (Å²) in [5, 5.41) is 91.5. The Morgan fingerprint density at radius 2 is 0.773 bits per heavy atom. The molecule has 0 saturated heterocycles. The third-order valence-corrected chi connectivity index (χ3v) is 2.56. The summed E-state index contributed by atoms with van der Waals surface area (Å²) in [6.07, 6.45) is 24.7. The summed E-state index contributed by atoms with van der Waals surface area (Å²) in [5.74, 6) is 1.42. The summed E-state index contributed by atoms with van der Waals surface area (Å²) in [7, 11) is 7.36. The molecule has 0 heterocycles. The summed E-state index contributed by atoms with van der Waals surface area (Å²) in [4.78, 5) is 0. The number of thiol groups is 2. The maximum absolute atomic E-state index is 7.88. The first kappa shape index (κ1) is 151. The zero-order valence-corrected chi connectivity index (χ0v) is 51.0. The number of ether oxygens (including phenoxy) is 3. The minimum absolute atomic E-state index is 0. The van der Waals surface area contributed by atoms with E-state index in [0.717, 1.165) is 20.1 Å². The van der Waals surface area contributed by atoms with Gasteiger partial charge in [0.05, 0.1) is 25.1 Å². The van der Waals surface area contributed by atoms with Gasteiger partial charge < -0.3 is 81.0 Å². The highest BCUT2D eigenvalue weighted by Gasteiger charge is 1.58. The number of thioether (sulfide) groups is 4. The number of aliphatic hydroxyl groups is 12. The fraction of sp³-hybridized carbons (Fsp3) is 0.767. The van der Waals surface area contributed by atoms with Crippen molar-refractivity contribution in [1.29, 1.82) is 0 Å². The third-order valence-electron chi connectivity index (χ3n) is 1.39. The van der Waals surface area contributed by atoms with Crippen LogP contribution >= 0.6 is 85.8 Å². The highest BCUT2D eigenvalue weighted by Crippen LogP contribution is 1.85. The molecule has 0 unspecified atom stereocenters. The molecule has 23 heteroatoms. The molecule has 0 fully saturated rings. The zero-order valence-electron chi connectivity index (χ0n) is 44.9. The van der Waals surface area contributed by atoms with E-state index < -0.39 is 6.79 Å². The van der Waals surface area contributed by atoms with Gasteiger partial charge in [-0.25, -0.2) is 0 Å². The molecule has 0 aliphatic rings. The van der Waals surface area contributed by atoms with Gasteiger partial charge in [-0.05, 0) is 75.9 Å². The molecule has 0 rings (SSSR count). The van der Waals surface area contributed by atoms with Crippen LogP contribution in [0.1, 0.15) is 82.6 Å². The molecule has 0 spiro atoms. The molecule has 0 amide bonds. The summed E-state index contributed by atoms with van der Waals surface area (Å²) >= 11 is 13.5. The Labute approximate surface area is 447 Å². The smallest absolute Gasteiger partial charge is 0.143 e. The van der Waals surface area contributed by atoms with E-state index in [-0.39, 0.29) is 64.9 Å². The lowest BCUT2D eigenvalue weighted by molar-refractivity contribution is 0.0325. The minimum atomic E-state index is -0.750. The van der Waals surface area contributed by atoms with Gasteiger partial charge in [0.25, 0.3) is 0 Å². The molecule has 0 aromatic rings. The van der Waals surface area contributed by atoms with Gasteiger partial charge in [0.15, 0.2) is 0 Å². The Kier molecular flexibility index (Phi) is 1150. The molecule has 0 aliphatic heterocycles. The Morgan fingerprint density at radius 1 is 0.652 bits per heavy atom. The molecule has 66 heavy (non-hydrogen) atoms. The van der Waals surface area contributed by atoms with Gasteiger partial charge in [-0.15, -0.1) is 56.1 Å². The van der Waals surface area contributed by atoms with Crippen LogP contribution in [-0.2, 0) is 14.2 Å². The van der Waals surface area contributed by atoms with Crippen molar-refractivity contribution in [3.8, 4) is 12.8 Å². The zero-order chi connectivity index (χ0) is 56.3. The molecule has 430 valence electrons. The third kappa shape index (κ3) is 3960. The normalized spacial score (nSPS) is 5.85. The van der Waals surface area contributed by atoms with E-state index in [1.807, 2.05) is 71.4 Å². The largest absolute Gasteiger partial charge is 0.512 e. The van der Waals surface area contributed by atoms with E-state index in [1.165, 1.54) is 31.0 Å². The van der Waals surface area contributed by atoms with Crippen LogP contribution in [0.3, 0.4) is 0 Å². The minimum Gasteiger partial charge on any atom is -0.512 e. The first-order chi connectivity index (χ1) is 30.2. The molecule has 0 aromatic carbocycles. The van der Waals surface area contributed by atoms with E-state index in [9.17, 15) is 0 Å². The monoisotopic (exact) mass is 1120 g/mol. The van der Waals surface area contributed by atoms with Gasteiger partial charge in [0.2, 0.25) is 0 Å². The maximum atomic E-state index is 7.88. The van der Waals surface area contributed by atoms with Gasteiger partial charge >= 0.3 is 0 Å². The van der Waals surface area contributed by atoms with Gasteiger partial charge in [-0.3, -0.25) is 0 Å². The maximum Gasteiger partial charge on any atom is 0.143 e. The number of allylic oxidation sites excluding steroid dienone is 1. The van der Waals surface area contributed by atoms with Gasteiger partial charge in [-0.2, -0.15) is 62.3 Å². The Morgan fingerprint density at radius 3 is 0.773 bits per heavy atom. The average molecular weight is 1120 g/mol. The van der Waals surface area contributed by atoms with Crippen LogP contribution < -0.4 is 0 Å². The fourth-order valence-electron chi connectivity index (χ4n) is 0. The predicted octanol–water partition coefficient (Wildman–Crippen LogP) is 8.13. The van der Waals surface area contributed by atoms with E-state index in [4.69, 9.17) is 61.3 Å². The summed E-state index contributed by atoms with van der Waals surface area (Å²) < 4.78 is 12.9. The Hall–Kier alpha value is 0.01000. The van der Waals surface area contributed by atoms with Crippen molar-refractivity contribution in [3.05, 3.63) is 50.3 Å². The number of rotatable bonds is 7. The van der Waals surface area contributed by atoms with Crippen molar-refractivity contribution in [2.75, 3.05) is 137 Å². The van der Waals surface area contributed by atoms with Crippen LogP contribution in [-0.4, -0.2) is 204 Å². The van der Waals surface area contributed by atoms with Crippen LogP contribution in [0.2, 0.25) is 0 Å². The van der Waals surface area contributed by atoms with E-state index in [1.54, 1.807) is 69.5 Å². The Balaban J connectivity index is -0.0000000141. The van der Waals surface area contributed by atoms with E-state index >= 15 is 0 Å². The standard InChI is InChI=1S/2C3H8O.C3H8S.C3H6S.C3H8.C3H6.2C2H6O2.C2H4O2.C2H6OS.2C2H6O.C2H6S.C2H6.C2H4.C2H2.CH4O2.CH4OS.CH4O.CH4S.CH4.H2O.H2S/c1-3-4-2;1-2-3-4;2*1-3-4-2;2*1-3-2;1-4-2-3;2*3-1-2-4;1-4-2-3;1-3-2;1-2-3;1-3-2;3*1-2;2*2-1-3;2*1-2;;;/h3H2,1-2H3;4H,2-3H2,1H3;3H2,1-2H3;3H,1H2,2H3;3H2,1-2H3;3H,1H2,2H3;3H,2H2,1H3;3-4H,1-2H2;1-4H;3H,2H2,1H3;1-2H3;3H,2H2,1H3;1-2H3;1-2H3;1-2H2;1-2H;2*2-3H,1H2;2*2H,1H3;1H4;2*1H2. The lowest BCUT2D eigenvalue weighted by atomic mass is 10.5. The molecular formula is C43H120O16S7. The number of aliphatic hydroxyl groups excluding tert-OH is 11. The molecule has 0 radical (unpaired) electrons. The van der Waals surface area contributed by atoms with Crippen LogP contribution in [0.4, 0.5) is 0 Å². The van der Waals surface area contributed by atoms with Crippen LogP contribution in [0.25, 0.3) is 0 Å². The lowest BCUT2D eigenvalue weighted by Gasteiger charge is -1.76. The SMILES string of the molecule is C.C#C.C=C.C=CC.C=CSC.CC.CCC.CCCO.CCO.CCOC.CCSC.CO.COC.COCO.CS.CSC.CSCO.O.OC=CO.OCCO.OCO.OCS.S. The molecule has 0 saturated carbocycles. The van der Waals surface area contributed by atoms with Crippen molar-refractivity contribution in [1.82, 2.24) is 0 Å². The lowest BCUT2D eigenvalue weighted by Crippen LogP contribution is -1.85. The van der Waals surface area contributed by atoms with E-state index in [2.05, 4.69) is 106 Å². The van der Waals surface area contributed by atoms with Crippen LogP contribution in [0, 0.1) is 12.8 Å². The number of methoxy groups -OCH3 is 3. The predicted molar refractivity (Wildman–Crippen MR) is 325 cm³/mol. The molecule has 0 aliphatic carbocycles. The fourth-order valence-corrected chi connectivity index (χ4v) is 0. The first-order valence-electron chi connectivity index (χ1n) is 18.4. The molecule has 14 N–H and O–H groups in total. The second-order valence-electron chi connectivity index (χ2n) is 6.39. The number of hydrogen-bond donors (Lipinski definition) is 14.